The number of nitrogens with zero attached hydrogens (tertiary/aromatic N) is 1. The van der Waals surface area contributed by atoms with Crippen molar-refractivity contribution in [3.8, 4) is 33.4 Å². The summed E-state index contributed by atoms with van der Waals surface area (Å²) in [6.45, 7) is 0. The predicted molar refractivity (Wildman–Crippen MR) is 237 cm³/mol. The number of hydrogen-bond acceptors (Lipinski definition) is 2. The number of H-pyrrole nitrogens is 1. The molecule has 0 atom stereocenters. The number of aromatic amines is 1. The molecule has 259 valence electrons. The Morgan fingerprint density at radius 1 is 0.464 bits per heavy atom. The van der Waals surface area contributed by atoms with Crippen LogP contribution in [0.2, 0.25) is 0 Å². The van der Waals surface area contributed by atoms with Gasteiger partial charge >= 0.3 is 0 Å². The van der Waals surface area contributed by atoms with Gasteiger partial charge in [0, 0.05) is 55.8 Å². The van der Waals surface area contributed by atoms with E-state index in [0.717, 1.165) is 72.1 Å². The van der Waals surface area contributed by atoms with Crippen LogP contribution in [-0.4, -0.2) is 12.3 Å². The van der Waals surface area contributed by atoms with E-state index in [-0.39, 0.29) is 0 Å². The molecule has 12 rings (SSSR count). The highest BCUT2D eigenvalue weighted by Crippen LogP contribution is 2.46. The Hall–Kier alpha value is -7.30. The van der Waals surface area contributed by atoms with Crippen molar-refractivity contribution in [1.82, 2.24) is 4.98 Å². The van der Waals surface area contributed by atoms with E-state index in [1.807, 2.05) is 0 Å². The van der Waals surface area contributed by atoms with Crippen molar-refractivity contribution in [2.45, 2.75) is 0 Å². The maximum absolute atomic E-state index is 6.78. The Morgan fingerprint density at radius 2 is 1.14 bits per heavy atom. The van der Waals surface area contributed by atoms with Gasteiger partial charge in [-0.05, 0) is 74.4 Å². The van der Waals surface area contributed by atoms with Crippen LogP contribution in [0.4, 0.5) is 17.1 Å². The Kier molecular flexibility index (Phi) is 6.72. The van der Waals surface area contributed by atoms with Gasteiger partial charge in [-0.25, -0.2) is 0 Å². The summed E-state index contributed by atoms with van der Waals surface area (Å²) in [5.41, 5.74) is 16.7. The number of rotatable bonds is 4. The molecular formula is C52H32BN2O. The second-order valence-corrected chi connectivity index (χ2v) is 14.8. The number of fused-ring (bicyclic) bond motifs is 10. The largest absolute Gasteiger partial charge is 0.456 e. The molecule has 0 saturated heterocycles. The van der Waals surface area contributed by atoms with Gasteiger partial charge in [0.25, 0.3) is 0 Å². The Morgan fingerprint density at radius 3 is 1.96 bits per heavy atom. The average Bonchev–Trinajstić information content (AvgIpc) is 3.84. The third kappa shape index (κ3) is 4.66. The van der Waals surface area contributed by atoms with E-state index in [0.29, 0.717) is 0 Å². The molecule has 1 aliphatic rings. The summed E-state index contributed by atoms with van der Waals surface area (Å²) >= 11 is 0. The summed E-state index contributed by atoms with van der Waals surface area (Å²) in [6, 6.07) is 67.6. The second-order valence-electron chi connectivity index (χ2n) is 14.8. The first kappa shape index (κ1) is 31.1. The molecule has 0 saturated carbocycles. The van der Waals surface area contributed by atoms with Gasteiger partial charge in [0.05, 0.1) is 5.52 Å². The number of benzene rings is 9. The van der Waals surface area contributed by atoms with Crippen molar-refractivity contribution < 1.29 is 4.42 Å². The number of anilines is 3. The SMILES string of the molecule is [B]1c2cc(-c3ccccc3)ccc2N(c2ccc(-c3ccccc3)cc2)c2cc3oc4ccccc4c3c(-c3cccc4c3[nH]c3ccc5ccccc5c34)c21. The highest BCUT2D eigenvalue weighted by Gasteiger charge is 2.31. The van der Waals surface area contributed by atoms with Gasteiger partial charge in [-0.2, -0.15) is 0 Å². The molecule has 11 aromatic rings. The first-order valence-corrected chi connectivity index (χ1v) is 19.2. The van der Waals surface area contributed by atoms with E-state index in [2.05, 4.69) is 205 Å². The molecule has 0 fully saturated rings. The third-order valence-electron chi connectivity index (χ3n) is 11.6. The minimum atomic E-state index is 0.863. The monoisotopic (exact) mass is 711 g/mol. The lowest BCUT2D eigenvalue weighted by Crippen LogP contribution is -2.41. The zero-order valence-corrected chi connectivity index (χ0v) is 30.3. The zero-order chi connectivity index (χ0) is 36.7. The lowest BCUT2D eigenvalue weighted by Gasteiger charge is -2.35. The number of furan rings is 1. The molecule has 0 spiro atoms. The lowest BCUT2D eigenvalue weighted by molar-refractivity contribution is 0.669. The van der Waals surface area contributed by atoms with Crippen molar-refractivity contribution in [3.63, 3.8) is 0 Å². The number of hydrogen-bond donors (Lipinski definition) is 1. The molecule has 2 aromatic heterocycles. The molecule has 0 bridgehead atoms. The van der Waals surface area contributed by atoms with E-state index in [1.54, 1.807) is 0 Å². The van der Waals surface area contributed by atoms with Crippen LogP contribution >= 0.6 is 0 Å². The van der Waals surface area contributed by atoms with E-state index in [4.69, 9.17) is 4.42 Å². The van der Waals surface area contributed by atoms with E-state index >= 15 is 0 Å². The highest BCUT2D eigenvalue weighted by molar-refractivity contribution is 6.74. The molecule has 1 N–H and O–H groups in total. The van der Waals surface area contributed by atoms with Crippen molar-refractivity contribution in [3.05, 3.63) is 188 Å². The van der Waals surface area contributed by atoms with Gasteiger partial charge in [0.1, 0.15) is 11.2 Å². The molecule has 0 amide bonds. The zero-order valence-electron chi connectivity index (χ0n) is 30.3. The quantitative estimate of drug-likeness (QED) is 0.184. The maximum Gasteiger partial charge on any atom is 0.197 e. The van der Waals surface area contributed by atoms with E-state index in [9.17, 15) is 0 Å². The standard InChI is InChI=1S/C52H32BN2O/c1-3-12-32(13-4-1)34-22-26-37(27-23-34)55-44-29-25-36(33-14-5-2-6-15-33)30-42(44)53-51-45(55)31-47-49(39-18-9-10-21-46(39)56-47)50(51)41-20-11-19-40-48-38-17-8-7-16-35(38)24-28-43(48)54-52(40)41/h1-31,54H. The molecule has 1 radical (unpaired) electrons. The molecule has 56 heavy (non-hydrogen) atoms. The second kappa shape index (κ2) is 12.1. The predicted octanol–water partition coefficient (Wildman–Crippen LogP) is 12.8. The fourth-order valence-electron chi connectivity index (χ4n) is 9.08. The van der Waals surface area contributed by atoms with Gasteiger partial charge in [-0.15, -0.1) is 0 Å². The van der Waals surface area contributed by atoms with Crippen LogP contribution in [-0.2, 0) is 0 Å². The van der Waals surface area contributed by atoms with Crippen LogP contribution in [0.25, 0.3) is 87.9 Å². The summed E-state index contributed by atoms with van der Waals surface area (Å²) < 4.78 is 6.78. The fourth-order valence-corrected chi connectivity index (χ4v) is 9.08. The number of nitrogens with one attached hydrogen (secondary N) is 1. The molecule has 9 aromatic carbocycles. The molecule has 3 nitrogen and oxygen atoms in total. The van der Waals surface area contributed by atoms with Gasteiger partial charge < -0.3 is 14.3 Å². The van der Waals surface area contributed by atoms with Crippen LogP contribution in [0.5, 0.6) is 0 Å². The number of aromatic nitrogens is 1. The van der Waals surface area contributed by atoms with E-state index in [1.165, 1.54) is 43.8 Å². The smallest absolute Gasteiger partial charge is 0.197 e. The molecule has 3 heterocycles. The maximum atomic E-state index is 6.78. The van der Waals surface area contributed by atoms with Crippen molar-refractivity contribution in [2.24, 2.45) is 0 Å². The molecule has 4 heteroatoms. The first-order valence-electron chi connectivity index (χ1n) is 19.2. The first-order chi connectivity index (χ1) is 27.8. The Labute approximate surface area is 324 Å². The summed E-state index contributed by atoms with van der Waals surface area (Å²) in [7, 11) is 2.40. The lowest BCUT2D eigenvalue weighted by atomic mass is 9.57. The summed E-state index contributed by atoms with van der Waals surface area (Å²) in [5.74, 6) is 0. The summed E-state index contributed by atoms with van der Waals surface area (Å²) in [6.07, 6.45) is 0. The molecule has 1 aliphatic heterocycles. The molecular weight excluding hydrogens is 679 g/mol. The van der Waals surface area contributed by atoms with Gasteiger partial charge in [0.2, 0.25) is 0 Å². The summed E-state index contributed by atoms with van der Waals surface area (Å²) in [5, 5.41) is 7.17. The van der Waals surface area contributed by atoms with Crippen molar-refractivity contribution >= 4 is 89.8 Å². The van der Waals surface area contributed by atoms with Gasteiger partial charge in [0.15, 0.2) is 7.28 Å². The molecule has 0 unspecified atom stereocenters. The van der Waals surface area contributed by atoms with Crippen LogP contribution in [0, 0.1) is 0 Å². The minimum absolute atomic E-state index is 0.863. The summed E-state index contributed by atoms with van der Waals surface area (Å²) in [4.78, 5) is 6.33. The highest BCUT2D eigenvalue weighted by atomic mass is 16.3. The third-order valence-corrected chi connectivity index (χ3v) is 11.6. The van der Waals surface area contributed by atoms with E-state index < -0.39 is 0 Å². The molecule has 0 aliphatic carbocycles. The van der Waals surface area contributed by atoms with Crippen molar-refractivity contribution in [1.29, 1.82) is 0 Å². The van der Waals surface area contributed by atoms with Crippen LogP contribution in [0.3, 0.4) is 0 Å². The Bertz CT molecular complexity index is 3330. The van der Waals surface area contributed by atoms with Crippen LogP contribution in [0.15, 0.2) is 192 Å². The van der Waals surface area contributed by atoms with Gasteiger partial charge in [-0.1, -0.05) is 157 Å². The number of para-hydroxylation sites is 2. The van der Waals surface area contributed by atoms with Gasteiger partial charge in [-0.3, -0.25) is 0 Å². The Balaban J connectivity index is 1.17. The van der Waals surface area contributed by atoms with Crippen LogP contribution < -0.4 is 15.8 Å². The minimum Gasteiger partial charge on any atom is -0.456 e. The fraction of sp³-hybridized carbons (Fsp3) is 0. The average molecular weight is 712 g/mol. The topological polar surface area (TPSA) is 32.2 Å². The van der Waals surface area contributed by atoms with Crippen LogP contribution in [0.1, 0.15) is 0 Å². The normalized spacial score (nSPS) is 12.4. The van der Waals surface area contributed by atoms with Crippen molar-refractivity contribution in [2.75, 3.05) is 4.90 Å².